The predicted molar refractivity (Wildman–Crippen MR) is 36.2 cm³/mol. The number of rotatable bonds is 3. The maximum atomic E-state index is 3.70. The van der Waals surface area contributed by atoms with Gasteiger partial charge in [0, 0.05) is 7.05 Å². The monoisotopic (exact) mass is 111 g/mol. The van der Waals surface area contributed by atoms with Crippen LogP contribution in [0.15, 0.2) is 22.4 Å². The number of hydrogen-bond donors (Lipinski definition) is 1. The lowest BCUT2D eigenvalue weighted by Crippen LogP contribution is -2.00. The molecule has 0 spiro atoms. The minimum atomic E-state index is 0.581. The van der Waals surface area contributed by atoms with Crippen LogP contribution >= 0.6 is 0 Å². The van der Waals surface area contributed by atoms with Crippen LogP contribution < -0.4 is 5.32 Å². The Bertz CT molecular complexity index is 115. The zero-order chi connectivity index (χ0) is 6.41. The first-order chi connectivity index (χ1) is 3.81. The highest BCUT2D eigenvalue weighted by Crippen LogP contribution is 1.79. The molecule has 0 amide bonds. The molecular formula is C5H9N3. The lowest BCUT2D eigenvalue weighted by atomic mass is 10.8. The van der Waals surface area contributed by atoms with E-state index in [-0.39, 0.29) is 0 Å². The zero-order valence-corrected chi connectivity index (χ0v) is 4.89. The first-order valence-electron chi connectivity index (χ1n) is 2.16. The molecule has 0 saturated carbocycles. The summed E-state index contributed by atoms with van der Waals surface area (Å²) in [5.41, 5.74) is 0. The second-order valence-corrected chi connectivity index (χ2v) is 1.12. The van der Waals surface area contributed by atoms with Crippen molar-refractivity contribution in [2.75, 3.05) is 7.05 Å². The zero-order valence-electron chi connectivity index (χ0n) is 4.89. The smallest absolute Gasteiger partial charge is 0.120 e. The van der Waals surface area contributed by atoms with Crippen molar-refractivity contribution >= 4 is 13.1 Å². The van der Waals surface area contributed by atoms with Gasteiger partial charge in [0.25, 0.3) is 0 Å². The van der Waals surface area contributed by atoms with Crippen molar-refractivity contribution in [2.45, 2.75) is 0 Å². The van der Waals surface area contributed by atoms with Gasteiger partial charge in [-0.2, -0.15) is 0 Å². The molecule has 8 heavy (non-hydrogen) atoms. The summed E-state index contributed by atoms with van der Waals surface area (Å²) in [5.74, 6) is 0.581. The van der Waals surface area contributed by atoms with E-state index in [0.717, 1.165) is 0 Å². The molecule has 0 rings (SSSR count). The van der Waals surface area contributed by atoms with Gasteiger partial charge >= 0.3 is 0 Å². The molecule has 0 aromatic carbocycles. The van der Waals surface area contributed by atoms with Crippen molar-refractivity contribution < 1.29 is 0 Å². The van der Waals surface area contributed by atoms with Gasteiger partial charge in [0.05, 0.1) is 0 Å². The minimum absolute atomic E-state index is 0.581. The molecule has 0 unspecified atom stereocenters. The van der Waals surface area contributed by atoms with Crippen LogP contribution in [-0.2, 0) is 0 Å². The molecule has 3 nitrogen and oxygen atoms in total. The molecule has 0 aromatic heterocycles. The second-order valence-electron chi connectivity index (χ2n) is 1.12. The van der Waals surface area contributed by atoms with Gasteiger partial charge in [-0.05, 0) is 6.72 Å². The summed E-state index contributed by atoms with van der Waals surface area (Å²) in [5, 5.41) is 2.72. The van der Waals surface area contributed by atoms with E-state index in [1.54, 1.807) is 7.05 Å². The molecule has 0 fully saturated rings. The lowest BCUT2D eigenvalue weighted by Gasteiger charge is -1.91. The number of aliphatic imine (C=N–C) groups is 2. The molecule has 1 N–H and O–H groups in total. The fourth-order valence-corrected chi connectivity index (χ4v) is 0.175. The van der Waals surface area contributed by atoms with E-state index in [0.29, 0.717) is 5.82 Å². The summed E-state index contributed by atoms with van der Waals surface area (Å²) in [6.45, 7) is 6.71. The van der Waals surface area contributed by atoms with E-state index in [1.807, 2.05) is 0 Å². The van der Waals surface area contributed by atoms with Gasteiger partial charge in [-0.3, -0.25) is 4.99 Å². The average Bonchev–Trinajstić information content (AvgIpc) is 1.83. The van der Waals surface area contributed by atoms with Crippen LogP contribution in [0.3, 0.4) is 0 Å². The normalized spacial score (nSPS) is 9.12. The highest BCUT2D eigenvalue weighted by atomic mass is 15.0. The van der Waals surface area contributed by atoms with Gasteiger partial charge < -0.3 is 5.32 Å². The summed E-state index contributed by atoms with van der Waals surface area (Å²) >= 11 is 0. The second kappa shape index (κ2) is 4.05. The topological polar surface area (TPSA) is 36.8 Å². The molecule has 3 heteroatoms. The SMILES string of the molecule is C=N/C=N\C(=C)NC. The fraction of sp³-hybridized carbons (Fsp3) is 0.200. The van der Waals surface area contributed by atoms with E-state index in [4.69, 9.17) is 0 Å². The van der Waals surface area contributed by atoms with Crippen LogP contribution in [0, 0.1) is 0 Å². The van der Waals surface area contributed by atoms with Crippen molar-refractivity contribution in [3.8, 4) is 0 Å². The van der Waals surface area contributed by atoms with Crippen molar-refractivity contribution in [1.82, 2.24) is 5.32 Å². The number of hydrogen-bond acceptors (Lipinski definition) is 2. The molecule has 0 aliphatic carbocycles. The quantitative estimate of drug-likeness (QED) is 0.415. The van der Waals surface area contributed by atoms with Gasteiger partial charge in [0.2, 0.25) is 0 Å². The highest BCUT2D eigenvalue weighted by Gasteiger charge is 1.74. The van der Waals surface area contributed by atoms with Gasteiger partial charge in [0.1, 0.15) is 12.2 Å². The van der Waals surface area contributed by atoms with Crippen LogP contribution in [-0.4, -0.2) is 20.1 Å². The average molecular weight is 111 g/mol. The van der Waals surface area contributed by atoms with Gasteiger partial charge in [-0.1, -0.05) is 6.58 Å². The lowest BCUT2D eigenvalue weighted by molar-refractivity contribution is 0.976. The van der Waals surface area contributed by atoms with E-state index in [2.05, 4.69) is 28.6 Å². The van der Waals surface area contributed by atoms with Crippen molar-refractivity contribution in [1.29, 1.82) is 0 Å². The summed E-state index contributed by atoms with van der Waals surface area (Å²) in [7, 11) is 1.74. The van der Waals surface area contributed by atoms with Crippen molar-refractivity contribution in [2.24, 2.45) is 9.98 Å². The Labute approximate surface area is 48.8 Å². The van der Waals surface area contributed by atoms with Gasteiger partial charge in [-0.25, -0.2) is 4.99 Å². The van der Waals surface area contributed by atoms with E-state index < -0.39 is 0 Å². The first-order valence-corrected chi connectivity index (χ1v) is 2.16. The minimum Gasteiger partial charge on any atom is -0.374 e. The van der Waals surface area contributed by atoms with Gasteiger partial charge in [0.15, 0.2) is 0 Å². The molecule has 0 saturated heterocycles. The van der Waals surface area contributed by atoms with Crippen molar-refractivity contribution in [3.63, 3.8) is 0 Å². The molecule has 0 atom stereocenters. The molecule has 0 bridgehead atoms. The molecule has 0 radical (unpaired) electrons. The third-order valence-electron chi connectivity index (χ3n) is 0.584. The predicted octanol–water partition coefficient (Wildman–Crippen LogP) is 0.406. The third kappa shape index (κ3) is 3.08. The van der Waals surface area contributed by atoms with E-state index >= 15 is 0 Å². The van der Waals surface area contributed by atoms with Crippen molar-refractivity contribution in [3.05, 3.63) is 12.4 Å². The van der Waals surface area contributed by atoms with Crippen LogP contribution in [0.4, 0.5) is 0 Å². The maximum Gasteiger partial charge on any atom is 0.120 e. The summed E-state index contributed by atoms with van der Waals surface area (Å²) in [6, 6.07) is 0. The summed E-state index contributed by atoms with van der Waals surface area (Å²) in [4.78, 5) is 7.08. The first kappa shape index (κ1) is 6.88. The van der Waals surface area contributed by atoms with Crippen LogP contribution in [0.1, 0.15) is 0 Å². The van der Waals surface area contributed by atoms with E-state index in [1.165, 1.54) is 6.34 Å². The number of nitrogens with one attached hydrogen (secondary N) is 1. The molecule has 44 valence electrons. The van der Waals surface area contributed by atoms with E-state index in [9.17, 15) is 0 Å². The molecule has 0 heterocycles. The molecule has 0 aliphatic heterocycles. The Morgan fingerprint density at radius 2 is 2.38 bits per heavy atom. The molecule has 0 aliphatic rings. The Balaban J connectivity index is 3.52. The fourth-order valence-electron chi connectivity index (χ4n) is 0.175. The Morgan fingerprint density at radius 1 is 1.75 bits per heavy atom. The highest BCUT2D eigenvalue weighted by molar-refractivity contribution is 5.62. The molecular weight excluding hydrogens is 102 g/mol. The third-order valence-corrected chi connectivity index (χ3v) is 0.584. The van der Waals surface area contributed by atoms with Crippen LogP contribution in [0.5, 0.6) is 0 Å². The van der Waals surface area contributed by atoms with Crippen LogP contribution in [0.25, 0.3) is 0 Å². The Hall–Kier alpha value is -1.12. The largest absolute Gasteiger partial charge is 0.374 e. The van der Waals surface area contributed by atoms with Crippen LogP contribution in [0.2, 0.25) is 0 Å². The maximum absolute atomic E-state index is 3.70. The standard InChI is InChI=1S/C5H9N3/c1-5(7-3)8-4-6-2/h4,7H,1-2H2,3H3/b8-4-. The van der Waals surface area contributed by atoms with Gasteiger partial charge in [-0.15, -0.1) is 0 Å². The summed E-state index contributed by atoms with van der Waals surface area (Å²) < 4.78 is 0. The number of nitrogens with zero attached hydrogens (tertiary/aromatic N) is 2. The molecule has 0 aromatic rings. The Morgan fingerprint density at radius 3 is 2.75 bits per heavy atom. The Kier molecular flexibility index (Phi) is 3.48. The summed E-state index contributed by atoms with van der Waals surface area (Å²) in [6.07, 6.45) is 1.33.